The highest BCUT2D eigenvalue weighted by Gasteiger charge is 2.46. The highest BCUT2D eigenvalue weighted by atomic mass is 32.2. The first-order valence-electron chi connectivity index (χ1n) is 7.26. The van der Waals surface area contributed by atoms with Gasteiger partial charge in [-0.1, -0.05) is 0 Å². The third kappa shape index (κ3) is 4.30. The van der Waals surface area contributed by atoms with Gasteiger partial charge in [-0.05, 0) is 31.6 Å². The molecule has 0 radical (unpaired) electrons. The molecule has 0 aromatic carbocycles. The first kappa shape index (κ1) is 16.5. The molecule has 7 heteroatoms. The minimum absolute atomic E-state index is 0.251. The fraction of sp³-hybridized carbons (Fsp3) is 1.00. The van der Waals surface area contributed by atoms with Crippen LogP contribution in [0.3, 0.4) is 0 Å². The minimum Gasteiger partial charge on any atom is -0.387 e. The van der Waals surface area contributed by atoms with Crippen LogP contribution in [0.1, 0.15) is 19.3 Å². The zero-order valence-electron chi connectivity index (χ0n) is 11.6. The SMILES string of the molecule is NCCCCSCC1OC2OCCCOC1C(O)C2O. The van der Waals surface area contributed by atoms with Crippen LogP contribution in [0.2, 0.25) is 0 Å². The number of aliphatic hydroxyl groups is 2. The van der Waals surface area contributed by atoms with E-state index >= 15 is 0 Å². The lowest BCUT2D eigenvalue weighted by Crippen LogP contribution is -2.59. The Morgan fingerprint density at radius 2 is 1.90 bits per heavy atom. The summed E-state index contributed by atoms with van der Waals surface area (Å²) in [4.78, 5) is 0. The average molecular weight is 307 g/mol. The molecule has 0 amide bonds. The number of rotatable bonds is 6. The molecule has 3 rings (SSSR count). The first-order chi connectivity index (χ1) is 9.74. The maximum Gasteiger partial charge on any atom is 0.186 e. The average Bonchev–Trinajstić information content (AvgIpc) is 2.58. The van der Waals surface area contributed by atoms with Gasteiger partial charge in [-0.25, -0.2) is 0 Å². The minimum atomic E-state index is -1.04. The van der Waals surface area contributed by atoms with E-state index in [-0.39, 0.29) is 6.10 Å². The van der Waals surface area contributed by atoms with Gasteiger partial charge in [0, 0.05) is 12.4 Å². The molecule has 0 aromatic heterocycles. The normalized spacial score (nSPS) is 38.2. The van der Waals surface area contributed by atoms with Crippen molar-refractivity contribution in [1.82, 2.24) is 0 Å². The molecule has 0 spiro atoms. The predicted octanol–water partition coefficient (Wildman–Crippen LogP) is -0.289. The van der Waals surface area contributed by atoms with E-state index in [0.717, 1.165) is 30.8 Å². The number of hydrogen-bond acceptors (Lipinski definition) is 7. The quantitative estimate of drug-likeness (QED) is 0.581. The molecule has 3 aliphatic heterocycles. The van der Waals surface area contributed by atoms with Crippen molar-refractivity contribution < 1.29 is 24.4 Å². The summed E-state index contributed by atoms with van der Waals surface area (Å²) >= 11 is 1.76. The second-order valence-corrected chi connectivity index (χ2v) is 6.30. The summed E-state index contributed by atoms with van der Waals surface area (Å²) in [5.41, 5.74) is 5.46. The van der Waals surface area contributed by atoms with Gasteiger partial charge in [-0.2, -0.15) is 11.8 Å². The molecule has 4 N–H and O–H groups in total. The van der Waals surface area contributed by atoms with Gasteiger partial charge in [0.1, 0.15) is 18.3 Å². The number of fused-ring (bicyclic) bond motifs is 6. The molecule has 2 bridgehead atoms. The maximum atomic E-state index is 10.1. The van der Waals surface area contributed by atoms with Crippen molar-refractivity contribution >= 4 is 11.8 Å². The maximum absolute atomic E-state index is 10.1. The molecule has 3 fully saturated rings. The van der Waals surface area contributed by atoms with Crippen LogP contribution in [-0.4, -0.2) is 72.2 Å². The highest BCUT2D eigenvalue weighted by Crippen LogP contribution is 2.28. The number of unbranched alkanes of at least 4 members (excludes halogenated alkanes) is 1. The second-order valence-electron chi connectivity index (χ2n) is 5.15. The van der Waals surface area contributed by atoms with Crippen LogP contribution in [0, 0.1) is 0 Å². The van der Waals surface area contributed by atoms with Crippen LogP contribution in [0.4, 0.5) is 0 Å². The Labute approximate surface area is 123 Å². The van der Waals surface area contributed by atoms with E-state index in [2.05, 4.69) is 0 Å². The van der Waals surface area contributed by atoms with Crippen molar-refractivity contribution in [2.24, 2.45) is 5.73 Å². The molecule has 3 heterocycles. The zero-order valence-corrected chi connectivity index (χ0v) is 12.5. The van der Waals surface area contributed by atoms with Crippen LogP contribution in [0.25, 0.3) is 0 Å². The van der Waals surface area contributed by atoms with Crippen LogP contribution in [-0.2, 0) is 14.2 Å². The van der Waals surface area contributed by atoms with Crippen molar-refractivity contribution in [2.75, 3.05) is 31.3 Å². The molecule has 5 atom stereocenters. The topological polar surface area (TPSA) is 94.2 Å². The van der Waals surface area contributed by atoms with Gasteiger partial charge in [0.05, 0.1) is 12.7 Å². The summed E-state index contributed by atoms with van der Waals surface area (Å²) in [5.74, 6) is 1.73. The van der Waals surface area contributed by atoms with E-state index in [9.17, 15) is 10.2 Å². The summed E-state index contributed by atoms with van der Waals surface area (Å²) < 4.78 is 16.9. The smallest absolute Gasteiger partial charge is 0.186 e. The molecule has 3 saturated heterocycles. The van der Waals surface area contributed by atoms with Gasteiger partial charge in [0.15, 0.2) is 6.29 Å². The van der Waals surface area contributed by atoms with Crippen LogP contribution >= 0.6 is 11.8 Å². The van der Waals surface area contributed by atoms with E-state index in [1.54, 1.807) is 11.8 Å². The highest BCUT2D eigenvalue weighted by molar-refractivity contribution is 7.99. The Kier molecular flexibility index (Phi) is 7.03. The lowest BCUT2D eigenvalue weighted by Gasteiger charge is -2.41. The standard InChI is InChI=1S/C13H25NO5S/c14-4-1-2-7-20-8-9-12-10(15)11(16)13(19-9)18-6-3-5-17-12/h9-13,15-16H,1-8,14H2. The van der Waals surface area contributed by atoms with Gasteiger partial charge in [-0.3, -0.25) is 0 Å². The Bertz CT molecular complexity index is 281. The van der Waals surface area contributed by atoms with Crippen molar-refractivity contribution in [3.8, 4) is 0 Å². The van der Waals surface area contributed by atoms with Crippen LogP contribution in [0.15, 0.2) is 0 Å². The van der Waals surface area contributed by atoms with E-state index in [1.807, 2.05) is 0 Å². The zero-order chi connectivity index (χ0) is 14.4. The van der Waals surface area contributed by atoms with Crippen molar-refractivity contribution in [3.05, 3.63) is 0 Å². The van der Waals surface area contributed by atoms with Gasteiger partial charge >= 0.3 is 0 Å². The number of ether oxygens (including phenoxy) is 3. The van der Waals surface area contributed by atoms with Gasteiger partial charge < -0.3 is 30.2 Å². The Hall–Kier alpha value is 0.110. The lowest BCUT2D eigenvalue weighted by atomic mass is 10.00. The molecular formula is C13H25NO5S. The van der Waals surface area contributed by atoms with Crippen molar-refractivity contribution in [3.63, 3.8) is 0 Å². The number of thioether (sulfide) groups is 1. The van der Waals surface area contributed by atoms with Crippen LogP contribution < -0.4 is 5.73 Å². The fourth-order valence-corrected chi connectivity index (χ4v) is 3.48. The van der Waals surface area contributed by atoms with Crippen LogP contribution in [0.5, 0.6) is 0 Å². The van der Waals surface area contributed by atoms with E-state index in [1.165, 1.54) is 0 Å². The molecular weight excluding hydrogens is 282 g/mol. The van der Waals surface area contributed by atoms with E-state index in [0.29, 0.717) is 19.8 Å². The Balaban J connectivity index is 1.87. The number of hydrogen-bond donors (Lipinski definition) is 3. The first-order valence-corrected chi connectivity index (χ1v) is 8.42. The number of nitrogens with two attached hydrogens (primary N) is 1. The lowest BCUT2D eigenvalue weighted by molar-refractivity contribution is -0.289. The molecule has 0 aromatic rings. The molecule has 0 aliphatic carbocycles. The fourth-order valence-electron chi connectivity index (χ4n) is 2.41. The van der Waals surface area contributed by atoms with Crippen molar-refractivity contribution in [1.29, 1.82) is 0 Å². The summed E-state index contributed by atoms with van der Waals surface area (Å²) in [7, 11) is 0. The third-order valence-corrected chi connectivity index (χ3v) is 4.69. The molecule has 6 nitrogen and oxygen atoms in total. The molecule has 3 aliphatic rings. The second kappa shape index (κ2) is 8.53. The van der Waals surface area contributed by atoms with Crippen molar-refractivity contribution in [2.45, 2.75) is 50.0 Å². The van der Waals surface area contributed by atoms with E-state index in [4.69, 9.17) is 19.9 Å². The van der Waals surface area contributed by atoms with Gasteiger partial charge in [0.25, 0.3) is 0 Å². The summed E-state index contributed by atoms with van der Waals surface area (Å²) in [6.45, 7) is 1.70. The van der Waals surface area contributed by atoms with E-state index < -0.39 is 24.6 Å². The molecule has 0 saturated carbocycles. The molecule has 20 heavy (non-hydrogen) atoms. The molecule has 5 unspecified atom stereocenters. The summed E-state index contributed by atoms with van der Waals surface area (Å²) in [6, 6.07) is 0. The monoisotopic (exact) mass is 307 g/mol. The van der Waals surface area contributed by atoms with Gasteiger partial charge in [-0.15, -0.1) is 0 Å². The Morgan fingerprint density at radius 1 is 1.10 bits per heavy atom. The van der Waals surface area contributed by atoms with Gasteiger partial charge in [0.2, 0.25) is 0 Å². The number of aliphatic hydroxyl groups excluding tert-OH is 2. The summed E-state index contributed by atoms with van der Waals surface area (Å²) in [5, 5.41) is 20.1. The predicted molar refractivity (Wildman–Crippen MR) is 76.6 cm³/mol. The third-order valence-electron chi connectivity index (χ3n) is 3.55. The largest absolute Gasteiger partial charge is 0.387 e. The Morgan fingerprint density at radius 3 is 2.70 bits per heavy atom. The molecule has 118 valence electrons. The summed E-state index contributed by atoms with van der Waals surface area (Å²) in [6.07, 6.45) is -0.651.